The summed E-state index contributed by atoms with van der Waals surface area (Å²) in [7, 11) is 2.54. The number of carbonyl (C=O) groups is 3. The Morgan fingerprint density at radius 2 is 1.44 bits per heavy atom. The molecule has 0 aliphatic carbocycles. The van der Waals surface area contributed by atoms with Crippen LogP contribution in [0.15, 0.2) is 18.2 Å². The molecule has 0 aromatic heterocycles. The number of unbranched alkanes of at least 4 members (excludes halogenated alkanes) is 7. The van der Waals surface area contributed by atoms with Gasteiger partial charge in [-0.25, -0.2) is 9.59 Å². The van der Waals surface area contributed by atoms with E-state index in [1.165, 1.54) is 64.5 Å². The Morgan fingerprint density at radius 3 is 2.04 bits per heavy atom. The van der Waals surface area contributed by atoms with E-state index < -0.39 is 11.9 Å². The maximum atomic E-state index is 12.2. The van der Waals surface area contributed by atoms with Crippen molar-refractivity contribution in [3.05, 3.63) is 29.3 Å². The van der Waals surface area contributed by atoms with Gasteiger partial charge in [0.1, 0.15) is 0 Å². The Morgan fingerprint density at radius 1 is 0.852 bits per heavy atom. The van der Waals surface area contributed by atoms with E-state index in [9.17, 15) is 14.4 Å². The minimum atomic E-state index is -0.575. The number of amides is 1. The van der Waals surface area contributed by atoms with Gasteiger partial charge in [0.05, 0.1) is 31.0 Å². The van der Waals surface area contributed by atoms with E-state index in [1.54, 1.807) is 0 Å². The van der Waals surface area contributed by atoms with Gasteiger partial charge in [-0.1, -0.05) is 51.9 Å². The van der Waals surface area contributed by atoms with Crippen LogP contribution in [0.4, 0.5) is 5.69 Å². The lowest BCUT2D eigenvalue weighted by Crippen LogP contribution is -2.16. The van der Waals surface area contributed by atoms with Gasteiger partial charge in [0.15, 0.2) is 0 Å². The van der Waals surface area contributed by atoms with Crippen LogP contribution in [0, 0.1) is 0 Å². The summed E-state index contributed by atoms with van der Waals surface area (Å²) in [5.41, 5.74) is 0.719. The molecule has 27 heavy (non-hydrogen) atoms. The Labute approximate surface area is 161 Å². The van der Waals surface area contributed by atoms with Crippen molar-refractivity contribution in [2.75, 3.05) is 19.5 Å². The topological polar surface area (TPSA) is 81.7 Å². The maximum absolute atomic E-state index is 12.2. The standard InChI is InChI=1S/C21H31NO5/c1-4-5-6-7-8-9-10-11-12-19(23)22-18-15-16(20(24)26-2)13-14-17(18)21(25)27-3/h13-15H,4-12H2,1-3H3,(H,22,23). The number of hydrogen-bond donors (Lipinski definition) is 1. The molecule has 0 fully saturated rings. The van der Waals surface area contributed by atoms with E-state index in [1.807, 2.05) is 0 Å². The zero-order valence-electron chi connectivity index (χ0n) is 16.6. The first-order valence-electron chi connectivity index (χ1n) is 9.64. The maximum Gasteiger partial charge on any atom is 0.339 e. The van der Waals surface area contributed by atoms with Crippen LogP contribution >= 0.6 is 0 Å². The highest BCUT2D eigenvalue weighted by atomic mass is 16.5. The minimum absolute atomic E-state index is 0.187. The number of hydrogen-bond acceptors (Lipinski definition) is 5. The van der Waals surface area contributed by atoms with Crippen LogP contribution in [-0.2, 0) is 14.3 Å². The van der Waals surface area contributed by atoms with Crippen LogP contribution in [-0.4, -0.2) is 32.1 Å². The van der Waals surface area contributed by atoms with E-state index >= 15 is 0 Å². The Kier molecular flexibility index (Phi) is 10.8. The van der Waals surface area contributed by atoms with E-state index in [0.29, 0.717) is 6.42 Å². The SMILES string of the molecule is CCCCCCCCCCC(=O)Nc1cc(C(=O)OC)ccc1C(=O)OC. The van der Waals surface area contributed by atoms with E-state index in [-0.39, 0.29) is 22.7 Å². The molecule has 0 aliphatic heterocycles. The second kappa shape index (κ2) is 12.9. The van der Waals surface area contributed by atoms with Crippen molar-refractivity contribution in [3.8, 4) is 0 Å². The zero-order valence-corrected chi connectivity index (χ0v) is 16.6. The van der Waals surface area contributed by atoms with E-state index in [4.69, 9.17) is 4.74 Å². The van der Waals surface area contributed by atoms with Gasteiger partial charge in [0.25, 0.3) is 0 Å². The molecule has 0 aliphatic rings. The molecule has 6 nitrogen and oxygen atoms in total. The fraction of sp³-hybridized carbons (Fsp3) is 0.571. The third kappa shape index (κ3) is 8.24. The molecule has 1 aromatic carbocycles. The average Bonchev–Trinajstić information content (AvgIpc) is 2.68. The van der Waals surface area contributed by atoms with Crippen molar-refractivity contribution in [1.29, 1.82) is 0 Å². The fourth-order valence-corrected chi connectivity index (χ4v) is 2.81. The fourth-order valence-electron chi connectivity index (χ4n) is 2.81. The average molecular weight is 377 g/mol. The van der Waals surface area contributed by atoms with Gasteiger partial charge in [0, 0.05) is 6.42 Å². The molecule has 1 aromatic rings. The molecular formula is C21H31NO5. The van der Waals surface area contributed by atoms with Crippen LogP contribution in [0.2, 0.25) is 0 Å². The second-order valence-corrected chi connectivity index (χ2v) is 6.52. The smallest absolute Gasteiger partial charge is 0.339 e. The monoisotopic (exact) mass is 377 g/mol. The number of anilines is 1. The van der Waals surface area contributed by atoms with Crippen LogP contribution in [0.25, 0.3) is 0 Å². The zero-order chi connectivity index (χ0) is 20.1. The molecule has 0 heterocycles. The Bertz CT molecular complexity index is 627. The van der Waals surface area contributed by atoms with Crippen molar-refractivity contribution >= 4 is 23.5 Å². The summed E-state index contributed by atoms with van der Waals surface area (Å²) in [4.78, 5) is 35.8. The molecule has 0 bridgehead atoms. The normalized spacial score (nSPS) is 10.3. The molecule has 0 spiro atoms. The third-order valence-electron chi connectivity index (χ3n) is 4.38. The number of rotatable bonds is 12. The van der Waals surface area contributed by atoms with Gasteiger partial charge in [-0.3, -0.25) is 4.79 Å². The molecule has 150 valence electrons. The Balaban J connectivity index is 2.56. The number of methoxy groups -OCH3 is 2. The molecule has 0 saturated heterocycles. The van der Waals surface area contributed by atoms with E-state index in [2.05, 4.69) is 17.0 Å². The van der Waals surface area contributed by atoms with Gasteiger partial charge in [-0.2, -0.15) is 0 Å². The second-order valence-electron chi connectivity index (χ2n) is 6.52. The summed E-state index contributed by atoms with van der Waals surface area (Å²) in [5, 5.41) is 2.72. The van der Waals surface area contributed by atoms with Crippen molar-refractivity contribution in [2.45, 2.75) is 64.7 Å². The molecule has 0 saturated carbocycles. The third-order valence-corrected chi connectivity index (χ3v) is 4.38. The van der Waals surface area contributed by atoms with Crippen LogP contribution < -0.4 is 5.32 Å². The van der Waals surface area contributed by atoms with Crippen LogP contribution in [0.5, 0.6) is 0 Å². The van der Waals surface area contributed by atoms with Gasteiger partial charge >= 0.3 is 11.9 Å². The van der Waals surface area contributed by atoms with Crippen molar-refractivity contribution in [3.63, 3.8) is 0 Å². The van der Waals surface area contributed by atoms with Crippen molar-refractivity contribution in [1.82, 2.24) is 0 Å². The first-order chi connectivity index (χ1) is 13.0. The number of nitrogens with one attached hydrogen (secondary N) is 1. The number of ether oxygens (including phenoxy) is 2. The Hall–Kier alpha value is -2.37. The molecule has 0 atom stereocenters. The predicted molar refractivity (Wildman–Crippen MR) is 105 cm³/mol. The summed E-state index contributed by atoms with van der Waals surface area (Å²) in [6, 6.07) is 4.35. The first-order valence-corrected chi connectivity index (χ1v) is 9.64. The number of benzene rings is 1. The molecular weight excluding hydrogens is 346 g/mol. The largest absolute Gasteiger partial charge is 0.465 e. The summed E-state index contributed by atoms with van der Waals surface area (Å²) < 4.78 is 9.41. The van der Waals surface area contributed by atoms with Gasteiger partial charge in [-0.05, 0) is 24.6 Å². The highest BCUT2D eigenvalue weighted by Crippen LogP contribution is 2.20. The van der Waals surface area contributed by atoms with Crippen molar-refractivity contribution in [2.24, 2.45) is 0 Å². The lowest BCUT2D eigenvalue weighted by molar-refractivity contribution is -0.116. The molecule has 0 unspecified atom stereocenters. The summed E-state index contributed by atoms with van der Waals surface area (Å²) in [6.07, 6.45) is 9.57. The molecule has 1 N–H and O–H groups in total. The first kappa shape index (κ1) is 22.7. The van der Waals surface area contributed by atoms with Gasteiger partial charge in [0.2, 0.25) is 5.91 Å². The molecule has 1 amide bonds. The number of carbonyl (C=O) groups excluding carboxylic acids is 3. The number of esters is 2. The van der Waals surface area contributed by atoms with Gasteiger partial charge < -0.3 is 14.8 Å². The molecule has 6 heteroatoms. The summed E-state index contributed by atoms with van der Waals surface area (Å²) in [5.74, 6) is -1.30. The highest BCUT2D eigenvalue weighted by molar-refractivity contribution is 6.03. The van der Waals surface area contributed by atoms with Crippen LogP contribution in [0.3, 0.4) is 0 Å². The van der Waals surface area contributed by atoms with Crippen molar-refractivity contribution < 1.29 is 23.9 Å². The summed E-state index contributed by atoms with van der Waals surface area (Å²) in [6.45, 7) is 2.20. The highest BCUT2D eigenvalue weighted by Gasteiger charge is 2.17. The van der Waals surface area contributed by atoms with Gasteiger partial charge in [-0.15, -0.1) is 0 Å². The quantitative estimate of drug-likeness (QED) is 0.421. The molecule has 1 rings (SSSR count). The van der Waals surface area contributed by atoms with E-state index in [0.717, 1.165) is 19.3 Å². The lowest BCUT2D eigenvalue weighted by Gasteiger charge is -2.11. The lowest BCUT2D eigenvalue weighted by atomic mass is 10.1. The molecule has 0 radical (unpaired) electrons. The summed E-state index contributed by atoms with van der Waals surface area (Å²) >= 11 is 0. The minimum Gasteiger partial charge on any atom is -0.465 e. The van der Waals surface area contributed by atoms with Crippen LogP contribution in [0.1, 0.15) is 85.4 Å². The predicted octanol–water partition coefficient (Wildman–Crippen LogP) is 4.73.